The number of hydrogen-bond donors (Lipinski definition) is 1. The zero-order valence-corrected chi connectivity index (χ0v) is 15.8. The molecule has 1 fully saturated rings. The van der Waals surface area contributed by atoms with Crippen molar-refractivity contribution in [1.29, 1.82) is 0 Å². The molecule has 1 aliphatic rings. The maximum atomic E-state index is 12.6. The highest BCUT2D eigenvalue weighted by Gasteiger charge is 2.13. The van der Waals surface area contributed by atoms with Crippen LogP contribution in [0.25, 0.3) is 11.0 Å². The maximum Gasteiger partial charge on any atom is 0.255 e. The van der Waals surface area contributed by atoms with Gasteiger partial charge in [-0.05, 0) is 68.2 Å². The van der Waals surface area contributed by atoms with Crippen LogP contribution in [0.2, 0.25) is 0 Å². The molecule has 0 saturated carbocycles. The number of rotatable bonds is 6. The molecule has 3 aromatic rings. The second-order valence-corrected chi connectivity index (χ2v) is 7.20. The Balaban J connectivity index is 1.47. The molecule has 5 nitrogen and oxygen atoms in total. The third-order valence-corrected chi connectivity index (χ3v) is 5.33. The molecule has 0 radical (unpaired) electrons. The number of carbonyl (C=O) groups excluding carboxylic acids is 1. The predicted molar refractivity (Wildman–Crippen MR) is 109 cm³/mol. The average Bonchev–Trinajstić information content (AvgIpc) is 3.35. The number of likely N-dealkylation sites (tertiary alicyclic amines) is 1. The molecule has 2 heterocycles. The van der Waals surface area contributed by atoms with Crippen LogP contribution in [0.15, 0.2) is 48.8 Å². The first-order chi connectivity index (χ1) is 13.2. The van der Waals surface area contributed by atoms with Crippen LogP contribution in [-0.2, 0) is 13.0 Å². The molecule has 0 bridgehead atoms. The third-order valence-electron chi connectivity index (χ3n) is 5.33. The number of carbonyl (C=O) groups is 1. The minimum atomic E-state index is -0.100. The Labute approximate surface area is 160 Å². The Kier molecular flexibility index (Phi) is 5.21. The second kappa shape index (κ2) is 7.92. The SMILES string of the molecule is CCc1cccc(NC(=O)c2ccc3c(c2)ncn3CCN2CCCC2)c1. The third kappa shape index (κ3) is 4.03. The summed E-state index contributed by atoms with van der Waals surface area (Å²) < 4.78 is 2.18. The molecule has 5 heteroatoms. The van der Waals surface area contributed by atoms with Gasteiger partial charge in [0, 0.05) is 24.3 Å². The molecule has 0 spiro atoms. The number of anilines is 1. The van der Waals surface area contributed by atoms with Crippen molar-refractivity contribution < 1.29 is 4.79 Å². The Morgan fingerprint density at radius 2 is 1.96 bits per heavy atom. The minimum Gasteiger partial charge on any atom is -0.329 e. The molecule has 1 N–H and O–H groups in total. The Morgan fingerprint density at radius 1 is 1.11 bits per heavy atom. The van der Waals surface area contributed by atoms with Crippen LogP contribution in [0, 0.1) is 0 Å². The molecule has 1 aromatic heterocycles. The largest absolute Gasteiger partial charge is 0.329 e. The molecule has 0 aliphatic carbocycles. The van der Waals surface area contributed by atoms with Crippen LogP contribution in [0.5, 0.6) is 0 Å². The first-order valence-corrected chi connectivity index (χ1v) is 9.80. The van der Waals surface area contributed by atoms with E-state index in [-0.39, 0.29) is 5.91 Å². The summed E-state index contributed by atoms with van der Waals surface area (Å²) in [6, 6.07) is 13.7. The van der Waals surface area contributed by atoms with Gasteiger partial charge in [-0.15, -0.1) is 0 Å². The monoisotopic (exact) mass is 362 g/mol. The Morgan fingerprint density at radius 3 is 2.78 bits per heavy atom. The van der Waals surface area contributed by atoms with Crippen LogP contribution in [0.3, 0.4) is 0 Å². The zero-order valence-electron chi connectivity index (χ0n) is 15.8. The molecular weight excluding hydrogens is 336 g/mol. The number of benzene rings is 2. The van der Waals surface area contributed by atoms with Gasteiger partial charge in [0.1, 0.15) is 0 Å². The van der Waals surface area contributed by atoms with Gasteiger partial charge < -0.3 is 14.8 Å². The van der Waals surface area contributed by atoms with E-state index in [0.717, 1.165) is 36.2 Å². The Bertz CT molecular complexity index is 940. The van der Waals surface area contributed by atoms with E-state index in [1.54, 1.807) is 0 Å². The summed E-state index contributed by atoms with van der Waals surface area (Å²) >= 11 is 0. The summed E-state index contributed by atoms with van der Waals surface area (Å²) in [5.74, 6) is -0.100. The first kappa shape index (κ1) is 17.7. The van der Waals surface area contributed by atoms with E-state index in [1.165, 1.54) is 31.5 Å². The fraction of sp³-hybridized carbons (Fsp3) is 0.364. The first-order valence-electron chi connectivity index (χ1n) is 9.80. The summed E-state index contributed by atoms with van der Waals surface area (Å²) in [6.45, 7) is 6.51. The lowest BCUT2D eigenvalue weighted by atomic mass is 10.1. The van der Waals surface area contributed by atoms with Crippen LogP contribution in [0.4, 0.5) is 5.69 Å². The fourth-order valence-electron chi connectivity index (χ4n) is 3.71. The normalized spacial score (nSPS) is 14.7. The van der Waals surface area contributed by atoms with Crippen molar-refractivity contribution in [3.05, 3.63) is 59.9 Å². The summed E-state index contributed by atoms with van der Waals surface area (Å²) in [5.41, 5.74) is 4.62. The summed E-state index contributed by atoms with van der Waals surface area (Å²) in [6.07, 6.45) is 5.45. The Hall–Kier alpha value is -2.66. The molecule has 1 amide bonds. The van der Waals surface area contributed by atoms with Crippen molar-refractivity contribution in [1.82, 2.24) is 14.5 Å². The lowest BCUT2D eigenvalue weighted by Crippen LogP contribution is -2.23. The number of fused-ring (bicyclic) bond motifs is 1. The predicted octanol–water partition coefficient (Wildman–Crippen LogP) is 3.95. The highest BCUT2D eigenvalue weighted by Crippen LogP contribution is 2.18. The summed E-state index contributed by atoms with van der Waals surface area (Å²) in [4.78, 5) is 19.6. The molecule has 2 aromatic carbocycles. The van der Waals surface area contributed by atoms with Crippen molar-refractivity contribution in [2.75, 3.05) is 25.0 Å². The topological polar surface area (TPSA) is 50.2 Å². The highest BCUT2D eigenvalue weighted by molar-refractivity contribution is 6.05. The molecule has 1 saturated heterocycles. The van der Waals surface area contributed by atoms with Gasteiger partial charge in [0.05, 0.1) is 17.4 Å². The van der Waals surface area contributed by atoms with Gasteiger partial charge in [0.25, 0.3) is 5.91 Å². The van der Waals surface area contributed by atoms with E-state index in [0.29, 0.717) is 5.56 Å². The molecule has 4 rings (SSSR count). The van der Waals surface area contributed by atoms with Crippen LogP contribution in [0.1, 0.15) is 35.7 Å². The maximum absolute atomic E-state index is 12.6. The molecule has 0 unspecified atom stereocenters. The van der Waals surface area contributed by atoms with Crippen molar-refractivity contribution in [2.45, 2.75) is 32.7 Å². The van der Waals surface area contributed by atoms with E-state index in [4.69, 9.17) is 0 Å². The fourth-order valence-corrected chi connectivity index (χ4v) is 3.71. The average molecular weight is 362 g/mol. The second-order valence-electron chi connectivity index (χ2n) is 7.20. The zero-order chi connectivity index (χ0) is 18.6. The van der Waals surface area contributed by atoms with E-state index < -0.39 is 0 Å². The number of nitrogens with zero attached hydrogens (tertiary/aromatic N) is 3. The van der Waals surface area contributed by atoms with Gasteiger partial charge in [-0.3, -0.25) is 4.79 Å². The minimum absolute atomic E-state index is 0.100. The van der Waals surface area contributed by atoms with Crippen LogP contribution >= 0.6 is 0 Å². The van der Waals surface area contributed by atoms with Gasteiger partial charge in [0.2, 0.25) is 0 Å². The highest BCUT2D eigenvalue weighted by atomic mass is 16.1. The smallest absolute Gasteiger partial charge is 0.255 e. The molecule has 27 heavy (non-hydrogen) atoms. The van der Waals surface area contributed by atoms with Gasteiger partial charge in [0.15, 0.2) is 0 Å². The van der Waals surface area contributed by atoms with Crippen molar-refractivity contribution in [2.24, 2.45) is 0 Å². The van der Waals surface area contributed by atoms with Crippen LogP contribution in [-0.4, -0.2) is 40.0 Å². The summed E-state index contributed by atoms with van der Waals surface area (Å²) in [5, 5.41) is 2.99. The van der Waals surface area contributed by atoms with E-state index >= 15 is 0 Å². The number of imidazole rings is 1. The lowest BCUT2D eigenvalue weighted by molar-refractivity contribution is 0.102. The van der Waals surface area contributed by atoms with Crippen LogP contribution < -0.4 is 5.32 Å². The lowest BCUT2D eigenvalue weighted by Gasteiger charge is -2.15. The van der Waals surface area contributed by atoms with Crippen molar-refractivity contribution in [3.8, 4) is 0 Å². The quantitative estimate of drug-likeness (QED) is 0.722. The van der Waals surface area contributed by atoms with Crippen molar-refractivity contribution in [3.63, 3.8) is 0 Å². The number of aryl methyl sites for hydroxylation is 1. The van der Waals surface area contributed by atoms with E-state index in [9.17, 15) is 4.79 Å². The van der Waals surface area contributed by atoms with Gasteiger partial charge in [-0.1, -0.05) is 19.1 Å². The number of hydrogen-bond acceptors (Lipinski definition) is 3. The molecular formula is C22H26N4O. The van der Waals surface area contributed by atoms with Gasteiger partial charge in [-0.25, -0.2) is 4.98 Å². The molecule has 1 aliphatic heterocycles. The van der Waals surface area contributed by atoms with Gasteiger partial charge >= 0.3 is 0 Å². The van der Waals surface area contributed by atoms with E-state index in [1.807, 2.05) is 42.7 Å². The number of aromatic nitrogens is 2. The number of nitrogens with one attached hydrogen (secondary N) is 1. The van der Waals surface area contributed by atoms with E-state index in [2.05, 4.69) is 32.8 Å². The standard InChI is InChI=1S/C22H26N4O/c1-2-17-6-5-7-19(14-17)24-22(27)18-8-9-21-20(15-18)23-16-26(21)13-12-25-10-3-4-11-25/h5-9,14-16H,2-4,10-13H2,1H3,(H,24,27). The molecule has 0 atom stereocenters. The molecule has 140 valence electrons. The number of amides is 1. The van der Waals surface area contributed by atoms with Crippen molar-refractivity contribution >= 4 is 22.6 Å². The summed E-state index contributed by atoms with van der Waals surface area (Å²) in [7, 11) is 0. The van der Waals surface area contributed by atoms with Gasteiger partial charge in [-0.2, -0.15) is 0 Å².